The molecule has 0 N–H and O–H groups in total. The maximum atomic E-state index is 12.2. The van der Waals surface area contributed by atoms with Crippen LogP contribution in [-0.4, -0.2) is 70.9 Å². The summed E-state index contributed by atoms with van der Waals surface area (Å²) in [4.78, 5) is 16.4. The zero-order valence-electron chi connectivity index (χ0n) is 13.2. The van der Waals surface area contributed by atoms with Gasteiger partial charge in [0.1, 0.15) is 0 Å². The van der Waals surface area contributed by atoms with Gasteiger partial charge in [0.2, 0.25) is 5.91 Å². The first-order chi connectivity index (χ1) is 10.1. The van der Waals surface area contributed by atoms with Crippen molar-refractivity contribution in [1.82, 2.24) is 19.6 Å². The predicted molar refractivity (Wildman–Crippen MR) is 80.9 cm³/mol. The Morgan fingerprint density at radius 2 is 2.33 bits per heavy atom. The lowest BCUT2D eigenvalue weighted by atomic mass is 10.1. The summed E-state index contributed by atoms with van der Waals surface area (Å²) in [5.41, 5.74) is 0. The summed E-state index contributed by atoms with van der Waals surface area (Å²) >= 11 is 0. The SMILES string of the molecule is CC(C)N1CCOC(CC(=O)N(C)CCn2cccn2)C1. The van der Waals surface area contributed by atoms with Gasteiger partial charge in [0.15, 0.2) is 0 Å². The van der Waals surface area contributed by atoms with Crippen LogP contribution in [0, 0.1) is 0 Å². The van der Waals surface area contributed by atoms with Crippen molar-refractivity contribution in [2.45, 2.75) is 39.0 Å². The summed E-state index contributed by atoms with van der Waals surface area (Å²) in [6.45, 7) is 8.27. The van der Waals surface area contributed by atoms with Crippen molar-refractivity contribution in [3.05, 3.63) is 18.5 Å². The number of nitrogens with zero attached hydrogens (tertiary/aromatic N) is 4. The smallest absolute Gasteiger partial charge is 0.225 e. The minimum absolute atomic E-state index is 0.0146. The van der Waals surface area contributed by atoms with E-state index in [4.69, 9.17) is 4.74 Å². The van der Waals surface area contributed by atoms with Gasteiger partial charge in [-0.3, -0.25) is 14.4 Å². The van der Waals surface area contributed by atoms with Crippen molar-refractivity contribution < 1.29 is 9.53 Å². The Bertz CT molecular complexity index is 433. The summed E-state index contributed by atoms with van der Waals surface area (Å²) in [7, 11) is 1.84. The monoisotopic (exact) mass is 294 g/mol. The van der Waals surface area contributed by atoms with Crippen LogP contribution in [0.2, 0.25) is 0 Å². The molecular weight excluding hydrogens is 268 g/mol. The third-order valence-corrected chi connectivity index (χ3v) is 3.95. The van der Waals surface area contributed by atoms with E-state index in [-0.39, 0.29) is 12.0 Å². The lowest BCUT2D eigenvalue weighted by Gasteiger charge is -2.35. The lowest BCUT2D eigenvalue weighted by Crippen LogP contribution is -2.47. The van der Waals surface area contributed by atoms with Crippen LogP contribution in [0.1, 0.15) is 20.3 Å². The van der Waals surface area contributed by atoms with E-state index in [0.717, 1.165) is 19.6 Å². The minimum atomic E-state index is 0.0146. The van der Waals surface area contributed by atoms with Gasteiger partial charge in [-0.25, -0.2) is 0 Å². The topological polar surface area (TPSA) is 50.6 Å². The van der Waals surface area contributed by atoms with Crippen LogP contribution in [0.5, 0.6) is 0 Å². The van der Waals surface area contributed by atoms with E-state index in [1.54, 1.807) is 11.1 Å². The number of amides is 1. The van der Waals surface area contributed by atoms with Crippen molar-refractivity contribution in [3.8, 4) is 0 Å². The molecule has 1 amide bonds. The third kappa shape index (κ3) is 4.82. The normalized spacial score (nSPS) is 19.9. The Labute approximate surface area is 126 Å². The number of hydrogen-bond acceptors (Lipinski definition) is 4. The highest BCUT2D eigenvalue weighted by Gasteiger charge is 2.25. The zero-order chi connectivity index (χ0) is 15.2. The molecule has 1 saturated heterocycles. The molecule has 0 spiro atoms. The van der Waals surface area contributed by atoms with Crippen LogP contribution in [0.25, 0.3) is 0 Å². The lowest BCUT2D eigenvalue weighted by molar-refractivity contribution is -0.135. The first kappa shape index (κ1) is 16.0. The molecular formula is C15H26N4O2. The van der Waals surface area contributed by atoms with E-state index >= 15 is 0 Å². The summed E-state index contributed by atoms with van der Waals surface area (Å²) in [5, 5.41) is 4.14. The zero-order valence-corrected chi connectivity index (χ0v) is 13.2. The highest BCUT2D eigenvalue weighted by molar-refractivity contribution is 5.76. The molecule has 2 heterocycles. The molecule has 1 atom stereocenters. The second kappa shape index (κ2) is 7.56. The summed E-state index contributed by atoms with van der Waals surface area (Å²) in [6, 6.07) is 2.39. The van der Waals surface area contributed by atoms with E-state index < -0.39 is 0 Å². The summed E-state index contributed by atoms with van der Waals surface area (Å²) < 4.78 is 7.56. The third-order valence-electron chi connectivity index (χ3n) is 3.95. The fourth-order valence-electron chi connectivity index (χ4n) is 2.50. The molecule has 1 unspecified atom stereocenters. The van der Waals surface area contributed by atoms with Crippen LogP contribution in [-0.2, 0) is 16.1 Å². The predicted octanol–water partition coefficient (Wildman–Crippen LogP) is 0.841. The molecule has 1 fully saturated rings. The Hall–Kier alpha value is -1.40. The van der Waals surface area contributed by atoms with Gasteiger partial charge in [0.05, 0.1) is 25.7 Å². The van der Waals surface area contributed by atoms with Crippen molar-refractivity contribution in [1.29, 1.82) is 0 Å². The fraction of sp³-hybridized carbons (Fsp3) is 0.733. The van der Waals surface area contributed by atoms with Crippen molar-refractivity contribution in [3.63, 3.8) is 0 Å². The Balaban J connectivity index is 1.75. The number of hydrogen-bond donors (Lipinski definition) is 0. The van der Waals surface area contributed by atoms with E-state index in [1.165, 1.54) is 0 Å². The Kier molecular flexibility index (Phi) is 5.76. The molecule has 0 saturated carbocycles. The van der Waals surface area contributed by atoms with Gasteiger partial charge in [-0.05, 0) is 19.9 Å². The second-order valence-electron chi connectivity index (χ2n) is 5.87. The van der Waals surface area contributed by atoms with E-state index in [1.807, 2.05) is 24.0 Å². The maximum Gasteiger partial charge on any atom is 0.225 e. The average molecular weight is 294 g/mol. The number of rotatable bonds is 6. The highest BCUT2D eigenvalue weighted by Crippen LogP contribution is 2.12. The van der Waals surface area contributed by atoms with Gasteiger partial charge >= 0.3 is 0 Å². The van der Waals surface area contributed by atoms with Crippen LogP contribution in [0.3, 0.4) is 0 Å². The highest BCUT2D eigenvalue weighted by atomic mass is 16.5. The maximum absolute atomic E-state index is 12.2. The number of carbonyl (C=O) groups is 1. The van der Waals surface area contributed by atoms with Gasteiger partial charge in [-0.2, -0.15) is 5.10 Å². The van der Waals surface area contributed by atoms with Gasteiger partial charge in [0, 0.05) is 45.1 Å². The molecule has 1 aliphatic rings. The van der Waals surface area contributed by atoms with E-state index in [0.29, 0.717) is 25.6 Å². The molecule has 0 aromatic carbocycles. The second-order valence-corrected chi connectivity index (χ2v) is 5.87. The first-order valence-electron chi connectivity index (χ1n) is 7.63. The van der Waals surface area contributed by atoms with E-state index in [2.05, 4.69) is 23.8 Å². The number of aromatic nitrogens is 2. The fourth-order valence-corrected chi connectivity index (χ4v) is 2.50. The molecule has 6 heteroatoms. The minimum Gasteiger partial charge on any atom is -0.375 e. The molecule has 21 heavy (non-hydrogen) atoms. The van der Waals surface area contributed by atoms with Crippen LogP contribution < -0.4 is 0 Å². The number of likely N-dealkylation sites (N-methyl/N-ethyl adjacent to an activating group) is 1. The van der Waals surface area contributed by atoms with Crippen LogP contribution in [0.4, 0.5) is 0 Å². The molecule has 0 radical (unpaired) electrons. The quantitative estimate of drug-likeness (QED) is 0.780. The summed E-state index contributed by atoms with van der Waals surface area (Å²) in [6.07, 6.45) is 4.13. The molecule has 1 aromatic rings. The molecule has 1 aliphatic heterocycles. The summed E-state index contributed by atoms with van der Waals surface area (Å²) in [5.74, 6) is 0.137. The first-order valence-corrected chi connectivity index (χ1v) is 7.63. The van der Waals surface area contributed by atoms with Gasteiger partial charge in [-0.15, -0.1) is 0 Å². The van der Waals surface area contributed by atoms with Crippen molar-refractivity contribution in [2.24, 2.45) is 0 Å². The molecule has 118 valence electrons. The Morgan fingerprint density at radius 3 is 3.00 bits per heavy atom. The van der Waals surface area contributed by atoms with Gasteiger partial charge in [-0.1, -0.05) is 0 Å². The van der Waals surface area contributed by atoms with Crippen LogP contribution in [0.15, 0.2) is 18.5 Å². The molecule has 2 rings (SSSR count). The largest absolute Gasteiger partial charge is 0.375 e. The Morgan fingerprint density at radius 1 is 1.52 bits per heavy atom. The van der Waals surface area contributed by atoms with Gasteiger partial charge < -0.3 is 9.64 Å². The standard InChI is InChI=1S/C15H26N4O2/c1-13(2)18-9-10-21-14(12-18)11-15(20)17(3)7-8-19-6-4-5-16-19/h4-6,13-14H,7-12H2,1-3H3. The van der Waals surface area contributed by atoms with Crippen molar-refractivity contribution in [2.75, 3.05) is 33.3 Å². The average Bonchev–Trinajstić information content (AvgIpc) is 2.98. The van der Waals surface area contributed by atoms with Crippen LogP contribution >= 0.6 is 0 Å². The molecule has 6 nitrogen and oxygen atoms in total. The number of carbonyl (C=O) groups excluding carboxylic acids is 1. The van der Waals surface area contributed by atoms with E-state index in [9.17, 15) is 4.79 Å². The van der Waals surface area contributed by atoms with Gasteiger partial charge in [0.25, 0.3) is 0 Å². The number of morpholine rings is 1. The molecule has 1 aromatic heterocycles. The molecule has 0 bridgehead atoms. The van der Waals surface area contributed by atoms with Crippen molar-refractivity contribution >= 4 is 5.91 Å². The number of ether oxygens (including phenoxy) is 1. The molecule has 0 aliphatic carbocycles.